The lowest BCUT2D eigenvalue weighted by Gasteiger charge is -2.47. The number of aromatic nitrogens is 2. The van der Waals surface area contributed by atoms with E-state index < -0.39 is 12.2 Å². The van der Waals surface area contributed by atoms with Gasteiger partial charge >= 0.3 is 6.09 Å². The smallest absolute Gasteiger partial charge is 0.407 e. The normalized spacial score (nSPS) is 26.3. The molecular formula is C24H32N4O4. The van der Waals surface area contributed by atoms with Crippen molar-refractivity contribution in [1.82, 2.24) is 20.2 Å². The summed E-state index contributed by atoms with van der Waals surface area (Å²) >= 11 is 0. The van der Waals surface area contributed by atoms with Crippen LogP contribution in [0.4, 0.5) is 4.79 Å². The molecule has 2 aliphatic heterocycles. The van der Waals surface area contributed by atoms with E-state index in [1.54, 1.807) is 7.11 Å². The van der Waals surface area contributed by atoms with E-state index in [0.29, 0.717) is 19.8 Å². The maximum absolute atomic E-state index is 12.5. The van der Waals surface area contributed by atoms with Crippen molar-refractivity contribution >= 4 is 12.3 Å². The van der Waals surface area contributed by atoms with E-state index in [2.05, 4.69) is 28.2 Å². The number of ether oxygens (including phenoxy) is 3. The average Bonchev–Trinajstić information content (AvgIpc) is 3.09. The number of alkyl carbamates (subject to hydrolysis) is 1. The Kier molecular flexibility index (Phi) is 6.93. The number of amides is 1. The predicted octanol–water partition coefficient (Wildman–Crippen LogP) is 3.13. The number of nitrogens with one attached hydrogen (secondary N) is 2. The first-order valence-corrected chi connectivity index (χ1v) is 11.1. The molecule has 0 spiro atoms. The first-order valence-electron chi connectivity index (χ1n) is 11.1. The predicted molar refractivity (Wildman–Crippen MR) is 121 cm³/mol. The number of imidazole rings is 1. The molecule has 0 aliphatic carbocycles. The third kappa shape index (κ3) is 4.30. The Labute approximate surface area is 189 Å². The highest BCUT2D eigenvalue weighted by atomic mass is 16.6. The molecular weight excluding hydrogens is 408 g/mol. The van der Waals surface area contributed by atoms with Crippen LogP contribution in [-0.2, 0) is 14.2 Å². The first-order chi connectivity index (χ1) is 15.5. The van der Waals surface area contributed by atoms with E-state index >= 15 is 0 Å². The van der Waals surface area contributed by atoms with Crippen molar-refractivity contribution in [2.24, 2.45) is 5.92 Å². The molecule has 0 bridgehead atoms. The summed E-state index contributed by atoms with van der Waals surface area (Å²) in [7, 11) is 1.65. The zero-order chi connectivity index (χ0) is 22.7. The minimum atomic E-state index is -0.532. The van der Waals surface area contributed by atoms with Crippen LogP contribution >= 0.6 is 0 Å². The van der Waals surface area contributed by atoms with Crippen molar-refractivity contribution < 1.29 is 19.0 Å². The van der Waals surface area contributed by atoms with Crippen LogP contribution in [0.25, 0.3) is 6.20 Å². The van der Waals surface area contributed by atoms with Gasteiger partial charge in [-0.3, -0.25) is 5.32 Å². The number of carbonyl (C=O) groups is 1. The number of fused-ring (bicyclic) bond motifs is 3. The minimum absolute atomic E-state index is 0.0556. The molecule has 2 aliphatic rings. The highest BCUT2D eigenvalue weighted by Gasteiger charge is 2.49. The Balaban J connectivity index is 1.75. The van der Waals surface area contributed by atoms with Gasteiger partial charge in [-0.1, -0.05) is 36.4 Å². The van der Waals surface area contributed by atoms with Crippen molar-refractivity contribution in [1.29, 1.82) is 0 Å². The van der Waals surface area contributed by atoms with Crippen molar-refractivity contribution in [3.63, 3.8) is 0 Å². The Morgan fingerprint density at radius 3 is 2.66 bits per heavy atom. The first kappa shape index (κ1) is 22.5. The summed E-state index contributed by atoms with van der Waals surface area (Å²) in [6.45, 7) is 7.32. The number of methoxy groups -OCH3 is 1. The van der Waals surface area contributed by atoms with E-state index in [0.717, 1.165) is 22.8 Å². The lowest BCUT2D eigenvalue weighted by molar-refractivity contribution is -0.114. The van der Waals surface area contributed by atoms with Gasteiger partial charge in [0.2, 0.25) is 0 Å². The number of rotatable bonds is 7. The molecule has 2 aromatic rings. The van der Waals surface area contributed by atoms with Crippen LogP contribution in [0.2, 0.25) is 0 Å². The lowest BCUT2D eigenvalue weighted by Crippen LogP contribution is -2.57. The zero-order valence-electron chi connectivity index (χ0n) is 19.1. The van der Waals surface area contributed by atoms with Gasteiger partial charge in [0.25, 0.3) is 0 Å². The fraction of sp³-hybridized carbons (Fsp3) is 0.500. The summed E-state index contributed by atoms with van der Waals surface area (Å²) in [4.78, 5) is 17.4. The summed E-state index contributed by atoms with van der Waals surface area (Å²) < 4.78 is 19.6. The highest BCUT2D eigenvalue weighted by molar-refractivity contribution is 5.67. The monoisotopic (exact) mass is 440 g/mol. The molecule has 8 heteroatoms. The molecule has 4 rings (SSSR count). The second-order valence-electron chi connectivity index (χ2n) is 8.19. The third-order valence-corrected chi connectivity index (χ3v) is 6.25. The van der Waals surface area contributed by atoms with Crippen LogP contribution < -0.4 is 10.6 Å². The number of hydrogen-bond donors (Lipinski definition) is 2. The number of benzene rings is 1. The molecule has 1 saturated heterocycles. The fourth-order valence-corrected chi connectivity index (χ4v) is 4.58. The van der Waals surface area contributed by atoms with Crippen molar-refractivity contribution in [3.05, 3.63) is 59.2 Å². The second-order valence-corrected chi connectivity index (χ2v) is 8.19. The molecule has 0 radical (unpaired) electrons. The van der Waals surface area contributed by atoms with Crippen LogP contribution in [0.1, 0.15) is 41.8 Å². The molecule has 8 nitrogen and oxygen atoms in total. The van der Waals surface area contributed by atoms with Gasteiger partial charge in [0.05, 0.1) is 31.0 Å². The molecule has 172 valence electrons. The third-order valence-electron chi connectivity index (χ3n) is 6.25. The SMILES string of the molecule is CCNC(=O)O[C@@H]1[C@@H](c2ccccc2)NC2c3nc(C)c(C)n3C=CC2[C@H]1OCCOC. The Hall–Kier alpha value is -2.68. The topological polar surface area (TPSA) is 86.6 Å². The van der Waals surface area contributed by atoms with Crippen LogP contribution in [0.3, 0.4) is 0 Å². The molecule has 1 fully saturated rings. The van der Waals surface area contributed by atoms with Gasteiger partial charge in [0.15, 0.2) is 0 Å². The number of carbonyl (C=O) groups excluding carboxylic acids is 1. The summed E-state index contributed by atoms with van der Waals surface area (Å²) in [6.07, 6.45) is 2.83. The van der Waals surface area contributed by atoms with E-state index in [4.69, 9.17) is 19.2 Å². The molecule has 0 saturated carbocycles. The maximum atomic E-state index is 12.5. The Morgan fingerprint density at radius 1 is 1.16 bits per heavy atom. The summed E-state index contributed by atoms with van der Waals surface area (Å²) in [5, 5.41) is 6.48. The van der Waals surface area contributed by atoms with Crippen LogP contribution in [-0.4, -0.2) is 54.7 Å². The molecule has 2 N–H and O–H groups in total. The highest BCUT2D eigenvalue weighted by Crippen LogP contribution is 2.43. The number of hydrogen-bond acceptors (Lipinski definition) is 6. The van der Waals surface area contributed by atoms with Gasteiger partial charge in [0, 0.05) is 31.5 Å². The van der Waals surface area contributed by atoms with Crippen LogP contribution in [0.15, 0.2) is 36.4 Å². The van der Waals surface area contributed by atoms with E-state index in [9.17, 15) is 4.79 Å². The molecule has 5 atom stereocenters. The van der Waals surface area contributed by atoms with E-state index in [1.165, 1.54) is 0 Å². The van der Waals surface area contributed by atoms with Crippen molar-refractivity contribution in [3.8, 4) is 0 Å². The molecule has 1 aromatic heterocycles. The molecule has 1 aromatic carbocycles. The number of piperidine rings is 1. The average molecular weight is 441 g/mol. The molecule has 3 heterocycles. The molecule has 32 heavy (non-hydrogen) atoms. The zero-order valence-corrected chi connectivity index (χ0v) is 19.1. The second kappa shape index (κ2) is 9.85. The van der Waals surface area contributed by atoms with Gasteiger partial charge in [-0.25, -0.2) is 9.78 Å². The van der Waals surface area contributed by atoms with Gasteiger partial charge in [-0.2, -0.15) is 0 Å². The van der Waals surface area contributed by atoms with Crippen molar-refractivity contribution in [2.45, 2.75) is 45.1 Å². The quantitative estimate of drug-likeness (QED) is 0.644. The van der Waals surface area contributed by atoms with Crippen LogP contribution in [0.5, 0.6) is 0 Å². The largest absolute Gasteiger partial charge is 0.441 e. The standard InChI is InChI=1S/C24H32N4O4/c1-5-25-24(29)32-22-19(17-9-7-6-8-10-17)27-20-18(21(22)31-14-13-30-4)11-12-28-16(3)15(2)26-23(20)28/h6-12,18-22,27H,5,13-14H2,1-4H3,(H,25,29)/t18?,19-,20?,21-,22-/m1/s1. The fourth-order valence-electron chi connectivity index (χ4n) is 4.58. The van der Waals surface area contributed by atoms with Gasteiger partial charge in [-0.05, 0) is 26.3 Å². The summed E-state index contributed by atoms with van der Waals surface area (Å²) in [5.41, 5.74) is 3.15. The molecule has 2 unspecified atom stereocenters. The summed E-state index contributed by atoms with van der Waals surface area (Å²) in [5.74, 6) is 0.894. The number of aryl methyl sites for hydroxylation is 1. The van der Waals surface area contributed by atoms with Gasteiger partial charge < -0.3 is 24.1 Å². The minimum Gasteiger partial charge on any atom is -0.441 e. The lowest BCUT2D eigenvalue weighted by atomic mass is 9.79. The maximum Gasteiger partial charge on any atom is 0.407 e. The van der Waals surface area contributed by atoms with E-state index in [1.807, 2.05) is 50.4 Å². The van der Waals surface area contributed by atoms with Crippen LogP contribution in [0, 0.1) is 19.8 Å². The summed E-state index contributed by atoms with van der Waals surface area (Å²) in [6, 6.07) is 9.69. The molecule has 1 amide bonds. The van der Waals surface area contributed by atoms with Gasteiger partial charge in [-0.15, -0.1) is 0 Å². The van der Waals surface area contributed by atoms with Crippen molar-refractivity contribution in [2.75, 3.05) is 26.9 Å². The van der Waals surface area contributed by atoms with Gasteiger partial charge in [0.1, 0.15) is 18.0 Å². The Bertz CT molecular complexity index is 958. The number of nitrogens with zero attached hydrogens (tertiary/aromatic N) is 2. The Morgan fingerprint density at radius 2 is 1.94 bits per heavy atom. The van der Waals surface area contributed by atoms with E-state index in [-0.39, 0.29) is 24.1 Å².